The minimum Gasteiger partial charge on any atom is -0.264 e. The van der Waals surface area contributed by atoms with Crippen LogP contribution >= 0.6 is 8.37 Å². The zero-order valence-electron chi connectivity index (χ0n) is 8.37. The van der Waals surface area contributed by atoms with E-state index in [0.717, 1.165) is 0 Å². The van der Waals surface area contributed by atoms with E-state index in [9.17, 15) is 0 Å². The molecule has 0 aromatic rings. The van der Waals surface area contributed by atoms with Gasteiger partial charge in [-0.1, -0.05) is 0 Å². The summed E-state index contributed by atoms with van der Waals surface area (Å²) in [6.07, 6.45) is 0. The second-order valence-electron chi connectivity index (χ2n) is 2.81. The molecule has 0 aliphatic heterocycles. The van der Waals surface area contributed by atoms with Gasteiger partial charge < -0.3 is 0 Å². The molecule has 0 heterocycles. The van der Waals surface area contributed by atoms with Gasteiger partial charge in [0.1, 0.15) is 8.37 Å². The molecule has 0 saturated heterocycles. The zero-order valence-corrected chi connectivity index (χ0v) is 9.26. The van der Waals surface area contributed by atoms with Crippen LogP contribution in [0.25, 0.3) is 0 Å². The lowest BCUT2D eigenvalue weighted by atomic mass is 10.8. The van der Waals surface area contributed by atoms with E-state index in [1.165, 1.54) is 0 Å². The SMILES string of the molecule is CN(C)P(N(C)C)N(C)C.[B]. The third-order valence-corrected chi connectivity index (χ3v) is 3.22. The molecular weight excluding hydrogens is 156 g/mol. The van der Waals surface area contributed by atoms with Crippen molar-refractivity contribution in [3.63, 3.8) is 0 Å². The fourth-order valence-corrected chi connectivity index (χ4v) is 3.22. The van der Waals surface area contributed by atoms with Gasteiger partial charge >= 0.3 is 0 Å². The van der Waals surface area contributed by atoms with Crippen molar-refractivity contribution in [1.29, 1.82) is 0 Å². The molecule has 0 spiro atoms. The van der Waals surface area contributed by atoms with Crippen LogP contribution in [0.15, 0.2) is 0 Å². The molecule has 0 unspecified atom stereocenters. The summed E-state index contributed by atoms with van der Waals surface area (Å²) in [5.41, 5.74) is 0. The summed E-state index contributed by atoms with van der Waals surface area (Å²) in [6.45, 7) is 0. The lowest BCUT2D eigenvalue weighted by Crippen LogP contribution is -2.25. The molecule has 0 atom stereocenters. The van der Waals surface area contributed by atoms with Gasteiger partial charge in [-0.05, 0) is 42.3 Å². The Morgan fingerprint density at radius 3 is 0.818 bits per heavy atom. The van der Waals surface area contributed by atoms with Gasteiger partial charge in [-0.2, -0.15) is 0 Å². The predicted molar refractivity (Wildman–Crippen MR) is 53.7 cm³/mol. The molecule has 0 rings (SSSR count). The molecule has 5 heteroatoms. The minimum absolute atomic E-state index is 0. The Bertz CT molecular complexity index is 78.8. The summed E-state index contributed by atoms with van der Waals surface area (Å²) in [5.74, 6) is 0. The number of hydrogen-bond donors (Lipinski definition) is 0. The maximum Gasteiger partial charge on any atom is 0.118 e. The monoisotopic (exact) mass is 174 g/mol. The molecule has 3 nitrogen and oxygen atoms in total. The average molecular weight is 174 g/mol. The molecule has 11 heavy (non-hydrogen) atoms. The molecule has 0 aromatic heterocycles. The maximum atomic E-state index is 2.23. The summed E-state index contributed by atoms with van der Waals surface area (Å²) in [7, 11) is 12.4. The predicted octanol–water partition coefficient (Wildman–Crippen LogP) is 0.517. The quantitative estimate of drug-likeness (QED) is 0.456. The largest absolute Gasteiger partial charge is 0.264 e. The van der Waals surface area contributed by atoms with E-state index in [4.69, 9.17) is 0 Å². The van der Waals surface area contributed by atoms with E-state index in [2.05, 4.69) is 56.3 Å². The van der Waals surface area contributed by atoms with Crippen molar-refractivity contribution in [1.82, 2.24) is 14.0 Å². The van der Waals surface area contributed by atoms with Crippen LogP contribution in [0.4, 0.5) is 0 Å². The molecule has 0 aromatic carbocycles. The van der Waals surface area contributed by atoms with E-state index >= 15 is 0 Å². The third-order valence-electron chi connectivity index (χ3n) is 1.07. The Morgan fingerprint density at radius 1 is 0.636 bits per heavy atom. The van der Waals surface area contributed by atoms with Crippen molar-refractivity contribution < 1.29 is 0 Å². The summed E-state index contributed by atoms with van der Waals surface area (Å²) in [4.78, 5) is 0. The highest BCUT2D eigenvalue weighted by molar-refractivity contribution is 7.49. The lowest BCUT2D eigenvalue weighted by molar-refractivity contribution is 0.490. The molecule has 0 aliphatic rings. The van der Waals surface area contributed by atoms with Gasteiger partial charge in [-0.3, -0.25) is 14.0 Å². The van der Waals surface area contributed by atoms with Crippen LogP contribution in [0.5, 0.6) is 0 Å². The van der Waals surface area contributed by atoms with Crippen LogP contribution in [0.2, 0.25) is 0 Å². The fraction of sp³-hybridized carbons (Fsp3) is 1.00. The van der Waals surface area contributed by atoms with Crippen LogP contribution in [-0.2, 0) is 0 Å². The maximum absolute atomic E-state index is 2.23. The molecule has 0 fully saturated rings. The minimum atomic E-state index is -0.238. The fourth-order valence-electron chi connectivity index (χ4n) is 1.07. The summed E-state index contributed by atoms with van der Waals surface area (Å²) < 4.78 is 6.69. The molecule has 65 valence electrons. The van der Waals surface area contributed by atoms with Gasteiger partial charge in [0.2, 0.25) is 0 Å². The second-order valence-corrected chi connectivity index (χ2v) is 5.75. The van der Waals surface area contributed by atoms with Crippen LogP contribution in [0, 0.1) is 0 Å². The summed E-state index contributed by atoms with van der Waals surface area (Å²) >= 11 is 0. The van der Waals surface area contributed by atoms with Gasteiger partial charge in [0.05, 0.1) is 0 Å². The number of nitrogens with zero attached hydrogens (tertiary/aromatic N) is 3. The van der Waals surface area contributed by atoms with E-state index in [1.54, 1.807) is 0 Å². The third kappa shape index (κ3) is 4.75. The highest BCUT2D eigenvalue weighted by Crippen LogP contribution is 2.40. The highest BCUT2D eigenvalue weighted by Gasteiger charge is 2.15. The molecule has 0 amide bonds. The Balaban J connectivity index is 0. The molecule has 0 aliphatic carbocycles. The van der Waals surface area contributed by atoms with Crippen molar-refractivity contribution in [3.8, 4) is 0 Å². The van der Waals surface area contributed by atoms with Gasteiger partial charge in [0.15, 0.2) is 0 Å². The number of rotatable bonds is 3. The summed E-state index contributed by atoms with van der Waals surface area (Å²) in [5, 5.41) is 0. The van der Waals surface area contributed by atoms with Crippen molar-refractivity contribution in [3.05, 3.63) is 0 Å². The van der Waals surface area contributed by atoms with Gasteiger partial charge in [0, 0.05) is 8.41 Å². The zero-order chi connectivity index (χ0) is 8.31. The van der Waals surface area contributed by atoms with Gasteiger partial charge in [-0.15, -0.1) is 0 Å². The van der Waals surface area contributed by atoms with Crippen LogP contribution in [0.3, 0.4) is 0 Å². The van der Waals surface area contributed by atoms with E-state index in [-0.39, 0.29) is 16.8 Å². The van der Waals surface area contributed by atoms with Crippen molar-refractivity contribution in [2.24, 2.45) is 0 Å². The lowest BCUT2D eigenvalue weighted by Gasteiger charge is -2.34. The van der Waals surface area contributed by atoms with E-state index < -0.39 is 0 Å². The molecular formula is C6H18BN3P. The van der Waals surface area contributed by atoms with Crippen LogP contribution in [0.1, 0.15) is 0 Å². The highest BCUT2D eigenvalue weighted by atomic mass is 31.2. The van der Waals surface area contributed by atoms with E-state index in [1.807, 2.05) is 0 Å². The smallest absolute Gasteiger partial charge is 0.118 e. The molecule has 0 saturated carbocycles. The van der Waals surface area contributed by atoms with E-state index in [0.29, 0.717) is 0 Å². The first-order chi connectivity index (χ1) is 4.46. The first-order valence-electron chi connectivity index (χ1n) is 3.28. The normalized spacial score (nSPS) is 11.5. The number of hydrogen-bond acceptors (Lipinski definition) is 3. The van der Waals surface area contributed by atoms with Gasteiger partial charge in [-0.25, -0.2) is 0 Å². The molecule has 3 radical (unpaired) electrons. The van der Waals surface area contributed by atoms with Crippen LogP contribution in [-0.4, -0.2) is 64.7 Å². The Labute approximate surface area is 73.8 Å². The average Bonchev–Trinajstić information content (AvgIpc) is 1.59. The summed E-state index contributed by atoms with van der Waals surface area (Å²) in [6, 6.07) is 0. The molecule has 0 N–H and O–H groups in total. The van der Waals surface area contributed by atoms with Crippen molar-refractivity contribution in [2.75, 3.05) is 42.3 Å². The first kappa shape index (κ1) is 13.9. The first-order valence-corrected chi connectivity index (χ1v) is 4.48. The molecule has 0 bridgehead atoms. The van der Waals surface area contributed by atoms with Crippen molar-refractivity contribution in [2.45, 2.75) is 0 Å². The topological polar surface area (TPSA) is 9.72 Å². The second kappa shape index (κ2) is 5.95. The van der Waals surface area contributed by atoms with Gasteiger partial charge in [0.25, 0.3) is 0 Å². The van der Waals surface area contributed by atoms with Crippen molar-refractivity contribution >= 4 is 16.8 Å². The Hall–Kier alpha value is 0.375. The standard InChI is InChI=1S/C6H18N3P.B/c1-7(2)10(8(3)4)9(5)6;/h1-6H3;. The Kier molecular flexibility index (Phi) is 7.54. The Morgan fingerprint density at radius 2 is 0.818 bits per heavy atom. The van der Waals surface area contributed by atoms with Crippen LogP contribution < -0.4 is 0 Å².